The second kappa shape index (κ2) is 7.09. The van der Waals surface area contributed by atoms with Gasteiger partial charge in [-0.05, 0) is 42.5 Å². The van der Waals surface area contributed by atoms with E-state index in [9.17, 15) is 13.6 Å². The molecule has 0 bridgehead atoms. The first-order valence-corrected chi connectivity index (χ1v) is 7.58. The van der Waals surface area contributed by atoms with Crippen LogP contribution in [0.1, 0.15) is 10.4 Å². The number of hydrogen-bond acceptors (Lipinski definition) is 3. The van der Waals surface area contributed by atoms with Crippen molar-refractivity contribution in [3.05, 3.63) is 78.0 Å². The first-order chi connectivity index (χ1) is 12.1. The van der Waals surface area contributed by atoms with Crippen LogP contribution >= 0.6 is 0 Å². The van der Waals surface area contributed by atoms with Crippen LogP contribution in [0.3, 0.4) is 0 Å². The minimum Gasteiger partial charge on any atom is -0.355 e. The maximum absolute atomic E-state index is 13.8. The molecule has 25 heavy (non-hydrogen) atoms. The lowest BCUT2D eigenvalue weighted by Crippen LogP contribution is -2.17. The Balaban J connectivity index is 1.77. The van der Waals surface area contributed by atoms with Crippen molar-refractivity contribution in [3.8, 4) is 11.1 Å². The van der Waals surface area contributed by atoms with Gasteiger partial charge >= 0.3 is 0 Å². The lowest BCUT2D eigenvalue weighted by atomic mass is 10.1. The van der Waals surface area contributed by atoms with Gasteiger partial charge in [0.25, 0.3) is 5.91 Å². The number of anilines is 2. The number of hydrogen-bond donors (Lipinski definition) is 2. The van der Waals surface area contributed by atoms with Crippen LogP contribution in [-0.2, 0) is 0 Å². The topological polar surface area (TPSA) is 54.0 Å². The number of halogens is 2. The third-order valence-corrected chi connectivity index (χ3v) is 3.67. The Hall–Kier alpha value is -3.28. The second-order valence-electron chi connectivity index (χ2n) is 5.31. The fraction of sp³-hybridized carbons (Fsp3) is 0.0526. The van der Waals surface area contributed by atoms with Gasteiger partial charge in [0, 0.05) is 35.6 Å². The molecule has 2 aromatic carbocycles. The Bertz CT molecular complexity index is 894. The minimum atomic E-state index is -0.894. The van der Waals surface area contributed by atoms with E-state index >= 15 is 0 Å². The van der Waals surface area contributed by atoms with E-state index in [1.807, 2.05) is 0 Å². The van der Waals surface area contributed by atoms with E-state index in [0.717, 1.165) is 11.8 Å². The summed E-state index contributed by atoms with van der Waals surface area (Å²) >= 11 is 0. The van der Waals surface area contributed by atoms with Crippen molar-refractivity contribution >= 4 is 17.4 Å². The summed E-state index contributed by atoms with van der Waals surface area (Å²) in [7, 11) is 1.57. The molecule has 1 heterocycles. The van der Waals surface area contributed by atoms with Crippen LogP contribution in [0.25, 0.3) is 11.1 Å². The molecule has 3 aromatic rings. The van der Waals surface area contributed by atoms with Crippen molar-refractivity contribution in [1.29, 1.82) is 0 Å². The van der Waals surface area contributed by atoms with Gasteiger partial charge < -0.3 is 10.6 Å². The second-order valence-corrected chi connectivity index (χ2v) is 5.31. The number of pyridine rings is 1. The largest absolute Gasteiger partial charge is 0.355 e. The number of carbonyl (C=O) groups is 1. The zero-order valence-corrected chi connectivity index (χ0v) is 13.4. The van der Waals surface area contributed by atoms with Crippen LogP contribution in [-0.4, -0.2) is 17.9 Å². The van der Waals surface area contributed by atoms with Gasteiger partial charge in [-0.15, -0.1) is 0 Å². The number of carbonyl (C=O) groups excluding carboxylic acids is 1. The van der Waals surface area contributed by atoms with Gasteiger partial charge in [0.2, 0.25) is 0 Å². The van der Waals surface area contributed by atoms with E-state index < -0.39 is 11.6 Å². The van der Waals surface area contributed by atoms with Gasteiger partial charge in [-0.25, -0.2) is 13.8 Å². The van der Waals surface area contributed by atoms with Crippen molar-refractivity contribution in [1.82, 2.24) is 10.3 Å². The fourth-order valence-corrected chi connectivity index (χ4v) is 2.35. The van der Waals surface area contributed by atoms with E-state index in [1.165, 1.54) is 18.3 Å². The first kappa shape index (κ1) is 16.6. The van der Waals surface area contributed by atoms with Gasteiger partial charge in [0.05, 0.1) is 0 Å². The highest BCUT2D eigenvalue weighted by Gasteiger charge is 2.10. The molecule has 126 valence electrons. The Kier molecular flexibility index (Phi) is 4.70. The number of rotatable bonds is 4. The predicted molar refractivity (Wildman–Crippen MR) is 92.7 cm³/mol. The van der Waals surface area contributed by atoms with Gasteiger partial charge in [0.1, 0.15) is 5.82 Å². The molecule has 1 aromatic heterocycles. The SMILES string of the molecule is CNC(=O)c1ccc(Nc2ccc(-c3cccc(F)c3F)cn2)cc1. The Labute approximate surface area is 143 Å². The summed E-state index contributed by atoms with van der Waals surface area (Å²) in [4.78, 5) is 15.7. The summed E-state index contributed by atoms with van der Waals surface area (Å²) in [6, 6.07) is 14.3. The molecule has 1 amide bonds. The van der Waals surface area contributed by atoms with E-state index in [-0.39, 0.29) is 11.5 Å². The monoisotopic (exact) mass is 339 g/mol. The van der Waals surface area contributed by atoms with Gasteiger partial charge in [-0.3, -0.25) is 4.79 Å². The summed E-state index contributed by atoms with van der Waals surface area (Å²) in [5.41, 5.74) is 1.95. The normalized spacial score (nSPS) is 10.4. The third-order valence-electron chi connectivity index (χ3n) is 3.67. The van der Waals surface area contributed by atoms with Crippen molar-refractivity contribution in [2.45, 2.75) is 0 Å². The quantitative estimate of drug-likeness (QED) is 0.751. The van der Waals surface area contributed by atoms with Crippen LogP contribution in [0.5, 0.6) is 0 Å². The highest BCUT2D eigenvalue weighted by molar-refractivity contribution is 5.94. The van der Waals surface area contributed by atoms with E-state index in [0.29, 0.717) is 16.9 Å². The third kappa shape index (κ3) is 3.63. The van der Waals surface area contributed by atoms with Crippen molar-refractivity contribution in [2.24, 2.45) is 0 Å². The molecule has 0 unspecified atom stereocenters. The average Bonchev–Trinajstić information content (AvgIpc) is 2.65. The number of benzene rings is 2. The average molecular weight is 339 g/mol. The number of nitrogens with one attached hydrogen (secondary N) is 2. The highest BCUT2D eigenvalue weighted by atomic mass is 19.2. The van der Waals surface area contributed by atoms with Gasteiger partial charge in [-0.1, -0.05) is 12.1 Å². The smallest absolute Gasteiger partial charge is 0.251 e. The van der Waals surface area contributed by atoms with Crippen LogP contribution in [0.4, 0.5) is 20.3 Å². The molecule has 0 radical (unpaired) electrons. The lowest BCUT2D eigenvalue weighted by molar-refractivity contribution is 0.0963. The predicted octanol–water partition coefficient (Wildman–Crippen LogP) is 4.13. The van der Waals surface area contributed by atoms with Crippen molar-refractivity contribution < 1.29 is 13.6 Å². The summed E-state index contributed by atoms with van der Waals surface area (Å²) in [6.07, 6.45) is 1.47. The van der Waals surface area contributed by atoms with Gasteiger partial charge in [-0.2, -0.15) is 0 Å². The molecule has 0 saturated heterocycles. The van der Waals surface area contributed by atoms with Crippen LogP contribution in [0, 0.1) is 11.6 Å². The Morgan fingerprint density at radius 1 is 1.00 bits per heavy atom. The molecule has 0 aliphatic heterocycles. The molecule has 0 spiro atoms. The molecule has 3 rings (SSSR count). The van der Waals surface area contributed by atoms with Crippen LogP contribution in [0.2, 0.25) is 0 Å². The molecule has 0 aliphatic rings. The van der Waals surface area contributed by atoms with Crippen LogP contribution < -0.4 is 10.6 Å². The molecule has 0 saturated carbocycles. The van der Waals surface area contributed by atoms with E-state index in [4.69, 9.17) is 0 Å². The number of amides is 1. The Morgan fingerprint density at radius 3 is 2.40 bits per heavy atom. The molecule has 0 fully saturated rings. The zero-order valence-electron chi connectivity index (χ0n) is 13.4. The Morgan fingerprint density at radius 2 is 1.76 bits per heavy atom. The zero-order chi connectivity index (χ0) is 17.8. The van der Waals surface area contributed by atoms with E-state index in [2.05, 4.69) is 15.6 Å². The summed E-state index contributed by atoms with van der Waals surface area (Å²) < 4.78 is 27.1. The maximum atomic E-state index is 13.8. The standard InChI is InChI=1S/C19H15F2N3O/c1-22-19(25)12-5-8-14(9-6-12)24-17-10-7-13(11-23-17)15-3-2-4-16(20)18(15)21/h2-11H,1H3,(H,22,25)(H,23,24). The van der Waals surface area contributed by atoms with Crippen molar-refractivity contribution in [2.75, 3.05) is 12.4 Å². The lowest BCUT2D eigenvalue weighted by Gasteiger charge is -2.08. The molecular formula is C19H15F2N3O. The first-order valence-electron chi connectivity index (χ1n) is 7.58. The van der Waals surface area contributed by atoms with E-state index in [1.54, 1.807) is 43.4 Å². The number of nitrogens with zero attached hydrogens (tertiary/aromatic N) is 1. The number of aromatic nitrogens is 1. The van der Waals surface area contributed by atoms with Crippen LogP contribution in [0.15, 0.2) is 60.8 Å². The minimum absolute atomic E-state index is 0.161. The molecule has 6 heteroatoms. The molecule has 0 atom stereocenters. The van der Waals surface area contributed by atoms with Crippen molar-refractivity contribution in [3.63, 3.8) is 0 Å². The summed E-state index contributed by atoms with van der Waals surface area (Å²) in [5.74, 6) is -1.40. The summed E-state index contributed by atoms with van der Waals surface area (Å²) in [5, 5.41) is 5.63. The molecular weight excluding hydrogens is 324 g/mol. The fourth-order valence-electron chi connectivity index (χ4n) is 2.35. The molecule has 0 aliphatic carbocycles. The molecule has 4 nitrogen and oxygen atoms in total. The van der Waals surface area contributed by atoms with Gasteiger partial charge in [0.15, 0.2) is 11.6 Å². The summed E-state index contributed by atoms with van der Waals surface area (Å²) in [6.45, 7) is 0. The highest BCUT2D eigenvalue weighted by Crippen LogP contribution is 2.25. The maximum Gasteiger partial charge on any atom is 0.251 e. The molecule has 2 N–H and O–H groups in total.